The molecular formula is C16H21N. The second-order valence-electron chi connectivity index (χ2n) is 4.93. The van der Waals surface area contributed by atoms with Gasteiger partial charge in [-0.3, -0.25) is 0 Å². The summed E-state index contributed by atoms with van der Waals surface area (Å²) in [5.74, 6) is 0.515. The maximum Gasteiger partial charge on any atom is 0.0326 e. The first kappa shape index (κ1) is 12.1. The van der Waals surface area contributed by atoms with E-state index in [1.165, 1.54) is 21.9 Å². The highest BCUT2D eigenvalue weighted by Crippen LogP contribution is 2.30. The molecule has 2 aromatic carbocycles. The van der Waals surface area contributed by atoms with Crippen molar-refractivity contribution in [2.24, 2.45) is 11.7 Å². The molecule has 0 fully saturated rings. The van der Waals surface area contributed by atoms with Crippen LogP contribution in [0, 0.1) is 12.8 Å². The summed E-state index contributed by atoms with van der Waals surface area (Å²) in [5.41, 5.74) is 8.96. The number of aryl methyl sites for hydroxylation is 1. The van der Waals surface area contributed by atoms with Crippen LogP contribution in [0.25, 0.3) is 10.8 Å². The minimum absolute atomic E-state index is 0.130. The van der Waals surface area contributed by atoms with Gasteiger partial charge in [-0.2, -0.15) is 0 Å². The van der Waals surface area contributed by atoms with E-state index in [4.69, 9.17) is 5.73 Å². The predicted octanol–water partition coefficient (Wildman–Crippen LogP) is 4.19. The van der Waals surface area contributed by atoms with E-state index >= 15 is 0 Å². The first-order valence-electron chi connectivity index (χ1n) is 6.39. The largest absolute Gasteiger partial charge is 0.324 e. The summed E-state index contributed by atoms with van der Waals surface area (Å²) in [5, 5.41) is 2.63. The number of hydrogen-bond donors (Lipinski definition) is 1. The van der Waals surface area contributed by atoms with Crippen LogP contribution in [-0.4, -0.2) is 0 Å². The average molecular weight is 227 g/mol. The van der Waals surface area contributed by atoms with Gasteiger partial charge in [0.2, 0.25) is 0 Å². The Hall–Kier alpha value is -1.34. The molecule has 0 aliphatic carbocycles. The van der Waals surface area contributed by atoms with E-state index in [1.54, 1.807) is 0 Å². The molecule has 0 amide bonds. The number of nitrogens with two attached hydrogens (primary N) is 1. The molecule has 0 aliphatic heterocycles. The summed E-state index contributed by atoms with van der Waals surface area (Å²) < 4.78 is 0. The molecule has 0 aromatic heterocycles. The molecule has 0 spiro atoms. The number of hydrogen-bond acceptors (Lipinski definition) is 1. The van der Waals surface area contributed by atoms with Crippen LogP contribution in [0.1, 0.15) is 37.4 Å². The lowest BCUT2D eigenvalue weighted by molar-refractivity contribution is 0.459. The Morgan fingerprint density at radius 2 is 1.71 bits per heavy atom. The van der Waals surface area contributed by atoms with Crippen molar-refractivity contribution < 1.29 is 0 Å². The number of fused-ring (bicyclic) bond motifs is 1. The van der Waals surface area contributed by atoms with E-state index in [0.717, 1.165) is 6.42 Å². The Kier molecular flexibility index (Phi) is 3.49. The number of benzene rings is 2. The van der Waals surface area contributed by atoms with E-state index in [2.05, 4.69) is 57.2 Å². The minimum Gasteiger partial charge on any atom is -0.324 e. The van der Waals surface area contributed by atoms with Gasteiger partial charge in [0.05, 0.1) is 0 Å². The van der Waals surface area contributed by atoms with Crippen LogP contribution in [0.5, 0.6) is 0 Å². The van der Waals surface area contributed by atoms with Crippen molar-refractivity contribution in [2.75, 3.05) is 0 Å². The predicted molar refractivity (Wildman–Crippen MR) is 75.1 cm³/mol. The summed E-state index contributed by atoms with van der Waals surface area (Å²) in [7, 11) is 0. The fourth-order valence-electron chi connectivity index (χ4n) is 2.32. The normalized spacial score (nSPS) is 14.8. The molecule has 2 aromatic rings. The zero-order valence-electron chi connectivity index (χ0n) is 10.9. The molecule has 90 valence electrons. The highest BCUT2D eigenvalue weighted by molar-refractivity contribution is 5.88. The minimum atomic E-state index is 0.130. The Morgan fingerprint density at radius 1 is 1.06 bits per heavy atom. The third-order valence-electron chi connectivity index (χ3n) is 3.79. The van der Waals surface area contributed by atoms with Crippen molar-refractivity contribution in [1.82, 2.24) is 0 Å². The lowest BCUT2D eigenvalue weighted by Crippen LogP contribution is -2.18. The van der Waals surface area contributed by atoms with E-state index in [0.29, 0.717) is 5.92 Å². The van der Waals surface area contributed by atoms with Gasteiger partial charge in [0.1, 0.15) is 0 Å². The van der Waals surface area contributed by atoms with Crippen LogP contribution in [0.2, 0.25) is 0 Å². The summed E-state index contributed by atoms with van der Waals surface area (Å²) in [6.07, 6.45) is 1.11. The third kappa shape index (κ3) is 2.20. The molecule has 0 aliphatic rings. The summed E-state index contributed by atoms with van der Waals surface area (Å²) >= 11 is 0. The van der Waals surface area contributed by atoms with Crippen LogP contribution >= 0.6 is 0 Å². The SMILES string of the molecule is CCC(C)[C@@H](N)c1ccc(C)c2ccccc12. The zero-order chi connectivity index (χ0) is 12.4. The van der Waals surface area contributed by atoms with Crippen molar-refractivity contribution in [3.8, 4) is 0 Å². The molecule has 2 rings (SSSR count). The van der Waals surface area contributed by atoms with Gasteiger partial charge in [0.25, 0.3) is 0 Å². The Balaban J connectivity index is 2.59. The second kappa shape index (κ2) is 4.89. The number of rotatable bonds is 3. The molecular weight excluding hydrogens is 206 g/mol. The first-order chi connectivity index (χ1) is 8.15. The Morgan fingerprint density at radius 3 is 2.35 bits per heavy atom. The fourth-order valence-corrected chi connectivity index (χ4v) is 2.32. The van der Waals surface area contributed by atoms with Gasteiger partial charge in [-0.05, 0) is 34.7 Å². The van der Waals surface area contributed by atoms with Crippen LogP contribution in [0.15, 0.2) is 36.4 Å². The Bertz CT molecular complexity index is 516. The maximum absolute atomic E-state index is 6.37. The van der Waals surface area contributed by atoms with Gasteiger partial charge in [-0.15, -0.1) is 0 Å². The molecule has 0 saturated heterocycles. The molecule has 1 unspecified atom stereocenters. The molecule has 17 heavy (non-hydrogen) atoms. The molecule has 0 heterocycles. The van der Waals surface area contributed by atoms with Crippen molar-refractivity contribution in [1.29, 1.82) is 0 Å². The summed E-state index contributed by atoms with van der Waals surface area (Å²) in [6.45, 7) is 6.57. The van der Waals surface area contributed by atoms with Crippen LogP contribution < -0.4 is 5.73 Å². The molecule has 1 heteroatoms. The van der Waals surface area contributed by atoms with E-state index < -0.39 is 0 Å². The topological polar surface area (TPSA) is 26.0 Å². The molecule has 2 N–H and O–H groups in total. The fraction of sp³-hybridized carbons (Fsp3) is 0.375. The van der Waals surface area contributed by atoms with Gasteiger partial charge in [0, 0.05) is 6.04 Å². The molecule has 1 nitrogen and oxygen atoms in total. The van der Waals surface area contributed by atoms with E-state index in [-0.39, 0.29) is 6.04 Å². The summed E-state index contributed by atoms with van der Waals surface area (Å²) in [6, 6.07) is 13.0. The van der Waals surface area contributed by atoms with E-state index in [9.17, 15) is 0 Å². The van der Waals surface area contributed by atoms with Crippen molar-refractivity contribution in [2.45, 2.75) is 33.2 Å². The van der Waals surface area contributed by atoms with Gasteiger partial charge in [-0.1, -0.05) is 56.7 Å². The lowest BCUT2D eigenvalue weighted by Gasteiger charge is -2.21. The second-order valence-corrected chi connectivity index (χ2v) is 4.93. The molecule has 0 radical (unpaired) electrons. The van der Waals surface area contributed by atoms with Crippen LogP contribution in [-0.2, 0) is 0 Å². The first-order valence-corrected chi connectivity index (χ1v) is 6.39. The maximum atomic E-state index is 6.37. The monoisotopic (exact) mass is 227 g/mol. The third-order valence-corrected chi connectivity index (χ3v) is 3.79. The van der Waals surface area contributed by atoms with Gasteiger partial charge in [-0.25, -0.2) is 0 Å². The average Bonchev–Trinajstić information content (AvgIpc) is 2.38. The zero-order valence-corrected chi connectivity index (χ0v) is 10.9. The van der Waals surface area contributed by atoms with Gasteiger partial charge in [0.15, 0.2) is 0 Å². The van der Waals surface area contributed by atoms with Gasteiger partial charge >= 0.3 is 0 Å². The molecule has 0 saturated carbocycles. The van der Waals surface area contributed by atoms with Crippen LogP contribution in [0.4, 0.5) is 0 Å². The Labute approximate surface area is 104 Å². The smallest absolute Gasteiger partial charge is 0.0326 e. The van der Waals surface area contributed by atoms with Gasteiger partial charge < -0.3 is 5.73 Å². The molecule has 2 atom stereocenters. The van der Waals surface area contributed by atoms with Crippen molar-refractivity contribution >= 4 is 10.8 Å². The standard InChI is InChI=1S/C16H21N/c1-4-11(2)16(17)15-10-9-12(3)13-7-5-6-8-14(13)15/h5-11,16H,4,17H2,1-3H3/t11?,16-/m1/s1. The molecule has 0 bridgehead atoms. The quantitative estimate of drug-likeness (QED) is 0.835. The highest BCUT2D eigenvalue weighted by atomic mass is 14.6. The lowest BCUT2D eigenvalue weighted by atomic mass is 9.89. The van der Waals surface area contributed by atoms with E-state index in [1.807, 2.05) is 0 Å². The van der Waals surface area contributed by atoms with Crippen molar-refractivity contribution in [3.05, 3.63) is 47.5 Å². The van der Waals surface area contributed by atoms with Crippen LogP contribution in [0.3, 0.4) is 0 Å². The van der Waals surface area contributed by atoms with Crippen molar-refractivity contribution in [3.63, 3.8) is 0 Å². The summed E-state index contributed by atoms with van der Waals surface area (Å²) in [4.78, 5) is 0. The highest BCUT2D eigenvalue weighted by Gasteiger charge is 2.15.